The van der Waals surface area contributed by atoms with E-state index in [1.807, 2.05) is 13.8 Å². The van der Waals surface area contributed by atoms with Gasteiger partial charge in [0.05, 0.1) is 0 Å². The molecule has 0 bridgehead atoms. The van der Waals surface area contributed by atoms with Crippen LogP contribution in [0.15, 0.2) is 35.5 Å². The molecular weight excluding hydrogens is 120 g/mol. The Morgan fingerprint density at radius 3 is 2.00 bits per heavy atom. The van der Waals surface area contributed by atoms with Gasteiger partial charge in [0.25, 0.3) is 0 Å². The molecule has 0 nitrogen and oxygen atoms in total. The lowest BCUT2D eigenvalue weighted by atomic mass is 10.1. The Morgan fingerprint density at radius 2 is 1.70 bits per heavy atom. The van der Waals surface area contributed by atoms with E-state index in [9.17, 15) is 0 Å². The first-order valence-electron chi connectivity index (χ1n) is 3.55. The minimum Gasteiger partial charge on any atom is -0.0958 e. The van der Waals surface area contributed by atoms with Crippen molar-refractivity contribution < 1.29 is 0 Å². The molecule has 0 aromatic rings. The fourth-order valence-electron chi connectivity index (χ4n) is 0.548. The molecule has 0 atom stereocenters. The molecule has 0 unspecified atom stereocenters. The van der Waals surface area contributed by atoms with Crippen LogP contribution in [-0.2, 0) is 0 Å². The second kappa shape index (κ2) is 4.10. The third kappa shape index (κ3) is 3.29. The summed E-state index contributed by atoms with van der Waals surface area (Å²) < 4.78 is 0. The summed E-state index contributed by atoms with van der Waals surface area (Å²) in [6.45, 7) is 12.1. The maximum absolute atomic E-state index is 3.85. The summed E-state index contributed by atoms with van der Waals surface area (Å²) in [6, 6.07) is 0. The van der Waals surface area contributed by atoms with Gasteiger partial charge in [-0.05, 0) is 33.3 Å². The Morgan fingerprint density at radius 1 is 1.20 bits per heavy atom. The molecule has 0 saturated carbocycles. The zero-order valence-corrected chi connectivity index (χ0v) is 7.36. The van der Waals surface area contributed by atoms with Gasteiger partial charge in [-0.25, -0.2) is 0 Å². The van der Waals surface area contributed by atoms with Gasteiger partial charge in [-0.1, -0.05) is 29.9 Å². The number of hydrogen-bond donors (Lipinski definition) is 0. The zero-order chi connectivity index (χ0) is 8.15. The molecule has 0 N–H and O–H groups in total. The Labute approximate surface area is 64.0 Å². The van der Waals surface area contributed by atoms with E-state index >= 15 is 0 Å². The summed E-state index contributed by atoms with van der Waals surface area (Å²) in [4.78, 5) is 0. The number of hydrogen-bond acceptors (Lipinski definition) is 0. The van der Waals surface area contributed by atoms with E-state index < -0.39 is 0 Å². The monoisotopic (exact) mass is 136 g/mol. The van der Waals surface area contributed by atoms with E-state index in [2.05, 4.69) is 32.6 Å². The molecule has 0 spiro atoms. The summed E-state index contributed by atoms with van der Waals surface area (Å²) in [7, 11) is 0. The quantitative estimate of drug-likeness (QED) is 0.510. The summed E-state index contributed by atoms with van der Waals surface area (Å²) in [5.74, 6) is 0. The van der Waals surface area contributed by atoms with E-state index in [-0.39, 0.29) is 0 Å². The molecule has 0 aliphatic rings. The molecule has 56 valence electrons. The molecule has 10 heavy (non-hydrogen) atoms. The van der Waals surface area contributed by atoms with E-state index in [0.29, 0.717) is 0 Å². The average molecular weight is 136 g/mol. The highest BCUT2D eigenvalue weighted by Crippen LogP contribution is 2.08. The first kappa shape index (κ1) is 9.22. The van der Waals surface area contributed by atoms with Crippen molar-refractivity contribution in [3.05, 3.63) is 35.5 Å². The van der Waals surface area contributed by atoms with Crippen LogP contribution in [0.2, 0.25) is 0 Å². The molecule has 0 aliphatic heterocycles. The normalized spacial score (nSPS) is 13.6. The van der Waals surface area contributed by atoms with E-state index in [1.165, 1.54) is 11.1 Å². The minimum absolute atomic E-state index is 1.14. The number of allylic oxidation sites excluding steroid dienone is 5. The van der Waals surface area contributed by atoms with Crippen molar-refractivity contribution in [2.24, 2.45) is 0 Å². The van der Waals surface area contributed by atoms with Crippen molar-refractivity contribution in [1.29, 1.82) is 0 Å². The van der Waals surface area contributed by atoms with Crippen LogP contribution in [0.1, 0.15) is 27.7 Å². The molecule has 0 radical (unpaired) electrons. The van der Waals surface area contributed by atoms with Gasteiger partial charge >= 0.3 is 0 Å². The Balaban J connectivity index is 4.31. The van der Waals surface area contributed by atoms with Gasteiger partial charge in [0.15, 0.2) is 0 Å². The molecule has 0 aliphatic carbocycles. The van der Waals surface area contributed by atoms with Gasteiger partial charge in [0, 0.05) is 0 Å². The second-order valence-electron chi connectivity index (χ2n) is 2.64. The van der Waals surface area contributed by atoms with Gasteiger partial charge in [-0.3, -0.25) is 0 Å². The molecule has 0 rings (SSSR count). The molecule has 0 aromatic carbocycles. The van der Waals surface area contributed by atoms with E-state index in [4.69, 9.17) is 0 Å². The van der Waals surface area contributed by atoms with Gasteiger partial charge in [0.2, 0.25) is 0 Å². The Kier molecular flexibility index (Phi) is 3.78. The fraction of sp³-hybridized carbons (Fsp3) is 0.400. The van der Waals surface area contributed by atoms with Crippen molar-refractivity contribution >= 4 is 0 Å². The standard InChI is InChI=1S/C10H16/c1-6-9(4)7-10(5)8(2)3/h6-7H,2H2,1,3-5H3/b9-6+,10-7+. The van der Waals surface area contributed by atoms with Gasteiger partial charge in [0.1, 0.15) is 0 Å². The average Bonchev–Trinajstić information content (AvgIpc) is 1.87. The molecule has 0 heterocycles. The largest absolute Gasteiger partial charge is 0.0958 e. The summed E-state index contributed by atoms with van der Waals surface area (Å²) >= 11 is 0. The van der Waals surface area contributed by atoms with Crippen molar-refractivity contribution in [3.8, 4) is 0 Å². The van der Waals surface area contributed by atoms with Crippen LogP contribution in [0.5, 0.6) is 0 Å². The third-order valence-electron chi connectivity index (χ3n) is 1.57. The predicted octanol–water partition coefficient (Wildman–Crippen LogP) is 3.48. The lowest BCUT2D eigenvalue weighted by Crippen LogP contribution is -1.77. The first-order chi connectivity index (χ1) is 4.57. The SMILES string of the molecule is C=C(C)/C(C)=C/C(C)=C/C. The van der Waals surface area contributed by atoms with Crippen molar-refractivity contribution in [2.75, 3.05) is 0 Å². The van der Waals surface area contributed by atoms with Crippen molar-refractivity contribution in [1.82, 2.24) is 0 Å². The molecule has 0 aromatic heterocycles. The van der Waals surface area contributed by atoms with E-state index in [0.717, 1.165) is 5.57 Å². The van der Waals surface area contributed by atoms with E-state index in [1.54, 1.807) is 0 Å². The first-order valence-corrected chi connectivity index (χ1v) is 3.55. The van der Waals surface area contributed by atoms with Gasteiger partial charge in [-0.2, -0.15) is 0 Å². The smallest absolute Gasteiger partial charge is 0.0395 e. The summed E-state index contributed by atoms with van der Waals surface area (Å²) in [5.41, 5.74) is 3.69. The van der Waals surface area contributed by atoms with Crippen LogP contribution in [-0.4, -0.2) is 0 Å². The van der Waals surface area contributed by atoms with Gasteiger partial charge < -0.3 is 0 Å². The maximum Gasteiger partial charge on any atom is -0.0395 e. The number of rotatable bonds is 2. The maximum atomic E-state index is 3.85. The molecule has 0 fully saturated rings. The molecule has 0 saturated heterocycles. The summed E-state index contributed by atoms with van der Waals surface area (Å²) in [5, 5.41) is 0. The highest BCUT2D eigenvalue weighted by molar-refractivity contribution is 5.31. The van der Waals surface area contributed by atoms with Crippen LogP contribution in [0.25, 0.3) is 0 Å². The molecule has 0 heteroatoms. The fourth-order valence-corrected chi connectivity index (χ4v) is 0.548. The highest BCUT2D eigenvalue weighted by Gasteiger charge is 1.87. The predicted molar refractivity (Wildman–Crippen MR) is 48.0 cm³/mol. The minimum atomic E-state index is 1.14. The zero-order valence-electron chi connectivity index (χ0n) is 7.36. The Bertz CT molecular complexity index is 180. The molecule has 0 amide bonds. The Hall–Kier alpha value is -0.780. The summed E-state index contributed by atoms with van der Waals surface area (Å²) in [6.07, 6.45) is 4.23. The second-order valence-corrected chi connectivity index (χ2v) is 2.64. The van der Waals surface area contributed by atoms with Crippen LogP contribution in [0.3, 0.4) is 0 Å². The van der Waals surface area contributed by atoms with Gasteiger partial charge in [-0.15, -0.1) is 0 Å². The van der Waals surface area contributed by atoms with Crippen molar-refractivity contribution in [2.45, 2.75) is 27.7 Å². The van der Waals surface area contributed by atoms with Crippen LogP contribution < -0.4 is 0 Å². The third-order valence-corrected chi connectivity index (χ3v) is 1.57. The lowest BCUT2D eigenvalue weighted by Gasteiger charge is -1.97. The topological polar surface area (TPSA) is 0 Å². The van der Waals surface area contributed by atoms with Crippen molar-refractivity contribution in [3.63, 3.8) is 0 Å². The lowest BCUT2D eigenvalue weighted by molar-refractivity contribution is 1.33. The van der Waals surface area contributed by atoms with Crippen LogP contribution >= 0.6 is 0 Å². The highest BCUT2D eigenvalue weighted by atomic mass is 13.9. The van der Waals surface area contributed by atoms with Crippen LogP contribution in [0.4, 0.5) is 0 Å². The molecular formula is C10H16. The van der Waals surface area contributed by atoms with Crippen LogP contribution in [0, 0.1) is 0 Å².